The lowest BCUT2D eigenvalue weighted by Gasteiger charge is -2.16. The summed E-state index contributed by atoms with van der Waals surface area (Å²) in [7, 11) is 1.43. The maximum absolute atomic E-state index is 12.6. The molecule has 4 rings (SSSR count). The van der Waals surface area contributed by atoms with Crippen molar-refractivity contribution in [3.8, 4) is 0 Å². The third kappa shape index (κ3) is 1.53. The van der Waals surface area contributed by atoms with Crippen LogP contribution < -0.4 is 16.6 Å². The summed E-state index contributed by atoms with van der Waals surface area (Å²) in [5, 5.41) is 3.06. The number of hydrogen-bond acceptors (Lipinski definition) is 5. The first-order valence-corrected chi connectivity index (χ1v) is 6.97. The van der Waals surface area contributed by atoms with Gasteiger partial charge in [0.25, 0.3) is 5.56 Å². The number of esters is 1. The highest BCUT2D eigenvalue weighted by Crippen LogP contribution is 2.37. The van der Waals surface area contributed by atoms with Crippen LogP contribution in [0.1, 0.15) is 27.6 Å². The summed E-state index contributed by atoms with van der Waals surface area (Å²) in [4.78, 5) is 36.7. The highest BCUT2D eigenvalue weighted by atomic mass is 16.5. The summed E-state index contributed by atoms with van der Waals surface area (Å²) in [6.07, 6.45) is -0.783. The van der Waals surface area contributed by atoms with Crippen LogP contribution in [0.4, 0.5) is 5.82 Å². The zero-order valence-corrected chi connectivity index (χ0v) is 11.8. The third-order valence-electron chi connectivity index (χ3n) is 4.16. The minimum absolute atomic E-state index is 0.304. The van der Waals surface area contributed by atoms with Gasteiger partial charge in [0, 0.05) is 25.7 Å². The molecule has 3 heterocycles. The molecule has 2 aliphatic rings. The van der Waals surface area contributed by atoms with Crippen molar-refractivity contribution in [2.75, 3.05) is 11.9 Å². The van der Waals surface area contributed by atoms with Gasteiger partial charge in [-0.3, -0.25) is 13.9 Å². The molecule has 0 radical (unpaired) electrons. The predicted octanol–water partition coefficient (Wildman–Crippen LogP) is 0.232. The Kier molecular flexibility index (Phi) is 2.53. The molecule has 1 unspecified atom stereocenters. The Morgan fingerprint density at radius 2 is 2.00 bits per heavy atom. The van der Waals surface area contributed by atoms with E-state index in [0.29, 0.717) is 35.6 Å². The molecule has 1 aromatic heterocycles. The van der Waals surface area contributed by atoms with Gasteiger partial charge in [0.05, 0.1) is 5.56 Å². The summed E-state index contributed by atoms with van der Waals surface area (Å²) < 4.78 is 7.97. The molecule has 1 atom stereocenters. The first-order valence-electron chi connectivity index (χ1n) is 6.97. The quantitative estimate of drug-likeness (QED) is 0.762. The van der Waals surface area contributed by atoms with Crippen LogP contribution in [-0.2, 0) is 18.3 Å². The van der Waals surface area contributed by atoms with Gasteiger partial charge in [-0.25, -0.2) is 9.59 Å². The molecule has 7 heteroatoms. The number of nitrogens with one attached hydrogen (secondary N) is 1. The van der Waals surface area contributed by atoms with Crippen molar-refractivity contribution in [3.63, 3.8) is 0 Å². The third-order valence-corrected chi connectivity index (χ3v) is 4.16. The van der Waals surface area contributed by atoms with Crippen LogP contribution in [0.25, 0.3) is 0 Å². The van der Waals surface area contributed by atoms with Crippen molar-refractivity contribution >= 4 is 11.8 Å². The molecule has 0 aliphatic carbocycles. The van der Waals surface area contributed by atoms with Gasteiger partial charge < -0.3 is 10.1 Å². The monoisotopic (exact) mass is 299 g/mol. The number of ether oxygens (including phenoxy) is 1. The lowest BCUT2D eigenvalue weighted by atomic mass is 10.0. The summed E-state index contributed by atoms with van der Waals surface area (Å²) in [5.41, 5.74) is 0.599. The van der Waals surface area contributed by atoms with E-state index in [-0.39, 0.29) is 5.69 Å². The number of aromatic nitrogens is 2. The number of cyclic esters (lactones) is 1. The maximum atomic E-state index is 12.6. The first kappa shape index (κ1) is 12.9. The molecule has 2 aliphatic heterocycles. The SMILES string of the molecule is Cn1c(=O)c(C2OC(=O)c3ccccc32)c2n(c1=O)CCN2. The van der Waals surface area contributed by atoms with E-state index in [2.05, 4.69) is 5.32 Å². The molecule has 112 valence electrons. The number of rotatable bonds is 1. The van der Waals surface area contributed by atoms with Crippen LogP contribution in [0.5, 0.6) is 0 Å². The first-order chi connectivity index (χ1) is 10.6. The fourth-order valence-electron chi connectivity index (χ4n) is 3.07. The predicted molar refractivity (Wildman–Crippen MR) is 78.1 cm³/mol. The molecule has 7 nitrogen and oxygen atoms in total. The van der Waals surface area contributed by atoms with Gasteiger partial charge in [0.15, 0.2) is 6.10 Å². The van der Waals surface area contributed by atoms with Gasteiger partial charge in [-0.2, -0.15) is 0 Å². The summed E-state index contributed by atoms with van der Waals surface area (Å²) in [6.45, 7) is 1.05. The van der Waals surface area contributed by atoms with E-state index in [9.17, 15) is 14.4 Å². The summed E-state index contributed by atoms with van der Waals surface area (Å²) in [5.74, 6) is -0.00629. The van der Waals surface area contributed by atoms with E-state index in [1.165, 1.54) is 11.6 Å². The molecule has 0 fully saturated rings. The number of hydrogen-bond donors (Lipinski definition) is 1. The van der Waals surface area contributed by atoms with Crippen molar-refractivity contribution in [2.45, 2.75) is 12.6 Å². The molecule has 0 saturated heterocycles. The van der Waals surface area contributed by atoms with Gasteiger partial charge >= 0.3 is 11.7 Å². The van der Waals surface area contributed by atoms with Crippen LogP contribution in [0.3, 0.4) is 0 Å². The van der Waals surface area contributed by atoms with Gasteiger partial charge in [-0.1, -0.05) is 18.2 Å². The summed E-state index contributed by atoms with van der Waals surface area (Å²) >= 11 is 0. The van der Waals surface area contributed by atoms with E-state index in [1.54, 1.807) is 24.3 Å². The normalized spacial score (nSPS) is 18.6. The highest BCUT2D eigenvalue weighted by Gasteiger charge is 2.37. The Balaban J connectivity index is 2.02. The number of carbonyl (C=O) groups excluding carboxylic acids is 1. The molecular formula is C15H13N3O4. The number of nitrogens with zero attached hydrogens (tertiary/aromatic N) is 2. The second-order valence-corrected chi connectivity index (χ2v) is 5.36. The Morgan fingerprint density at radius 3 is 2.82 bits per heavy atom. The number of anilines is 1. The van der Waals surface area contributed by atoms with Crippen molar-refractivity contribution < 1.29 is 9.53 Å². The molecule has 1 aromatic carbocycles. The minimum atomic E-state index is -0.783. The fourth-order valence-corrected chi connectivity index (χ4v) is 3.07. The van der Waals surface area contributed by atoms with Crippen molar-refractivity contribution in [3.05, 3.63) is 61.8 Å². The second-order valence-electron chi connectivity index (χ2n) is 5.36. The van der Waals surface area contributed by atoms with E-state index in [4.69, 9.17) is 4.74 Å². The Hall–Kier alpha value is -2.83. The molecule has 0 bridgehead atoms. The fraction of sp³-hybridized carbons (Fsp3) is 0.267. The van der Waals surface area contributed by atoms with Gasteiger partial charge in [0.2, 0.25) is 0 Å². The zero-order chi connectivity index (χ0) is 15.4. The van der Waals surface area contributed by atoms with E-state index in [1.807, 2.05) is 0 Å². The standard InChI is InChI=1S/C15H13N3O4/c1-17-13(19)10(12-16-6-7-18(12)15(17)21)11-8-4-2-3-5-9(8)14(20)22-11/h2-5,11,16H,6-7H2,1H3. The zero-order valence-electron chi connectivity index (χ0n) is 11.8. The van der Waals surface area contributed by atoms with Crippen LogP contribution in [0.15, 0.2) is 33.9 Å². The van der Waals surface area contributed by atoms with E-state index >= 15 is 0 Å². The molecule has 0 spiro atoms. The van der Waals surface area contributed by atoms with Gasteiger partial charge in [-0.15, -0.1) is 0 Å². The topological polar surface area (TPSA) is 82.3 Å². The van der Waals surface area contributed by atoms with Gasteiger partial charge in [-0.05, 0) is 6.07 Å². The lowest BCUT2D eigenvalue weighted by molar-refractivity contribution is 0.0453. The second kappa shape index (κ2) is 4.33. The lowest BCUT2D eigenvalue weighted by Crippen LogP contribution is -2.40. The number of benzene rings is 1. The highest BCUT2D eigenvalue weighted by molar-refractivity contribution is 5.94. The van der Waals surface area contributed by atoms with Crippen LogP contribution in [0.2, 0.25) is 0 Å². The Labute approximate surface area is 124 Å². The molecule has 0 amide bonds. The average molecular weight is 299 g/mol. The molecule has 22 heavy (non-hydrogen) atoms. The Morgan fingerprint density at radius 1 is 1.23 bits per heavy atom. The number of carbonyl (C=O) groups is 1. The maximum Gasteiger partial charge on any atom is 0.339 e. The van der Waals surface area contributed by atoms with Gasteiger partial charge in [0.1, 0.15) is 11.4 Å². The van der Waals surface area contributed by atoms with Crippen molar-refractivity contribution in [1.82, 2.24) is 9.13 Å². The average Bonchev–Trinajstić information content (AvgIpc) is 3.12. The van der Waals surface area contributed by atoms with Crippen LogP contribution in [0, 0.1) is 0 Å². The molecule has 1 N–H and O–H groups in total. The molecule has 0 saturated carbocycles. The smallest absolute Gasteiger partial charge is 0.339 e. The Bertz CT molecular complexity index is 925. The van der Waals surface area contributed by atoms with Crippen LogP contribution >= 0.6 is 0 Å². The number of fused-ring (bicyclic) bond motifs is 2. The van der Waals surface area contributed by atoms with Crippen molar-refractivity contribution in [1.29, 1.82) is 0 Å². The van der Waals surface area contributed by atoms with Crippen molar-refractivity contribution in [2.24, 2.45) is 7.05 Å². The molecular weight excluding hydrogens is 286 g/mol. The summed E-state index contributed by atoms with van der Waals surface area (Å²) in [6, 6.07) is 6.98. The van der Waals surface area contributed by atoms with E-state index in [0.717, 1.165) is 4.57 Å². The minimum Gasteiger partial charge on any atom is -0.449 e. The van der Waals surface area contributed by atoms with Crippen LogP contribution in [-0.4, -0.2) is 21.6 Å². The largest absolute Gasteiger partial charge is 0.449 e. The molecule has 2 aromatic rings. The van der Waals surface area contributed by atoms with E-state index < -0.39 is 17.6 Å².